The number of nitrogens with one attached hydrogen (secondary N) is 1. The monoisotopic (exact) mass is 330 g/mol. The molecule has 0 atom stereocenters. The summed E-state index contributed by atoms with van der Waals surface area (Å²) < 4.78 is 0. The first kappa shape index (κ1) is 18.2. The summed E-state index contributed by atoms with van der Waals surface area (Å²) in [5, 5.41) is 2.83. The van der Waals surface area contributed by atoms with Crippen LogP contribution in [0.5, 0.6) is 0 Å². The molecule has 1 aromatic rings. The third-order valence-corrected chi connectivity index (χ3v) is 4.59. The fourth-order valence-corrected chi connectivity index (χ4v) is 3.30. The summed E-state index contributed by atoms with van der Waals surface area (Å²) in [5.41, 5.74) is 0.829. The Morgan fingerprint density at radius 2 is 1.62 bits per heavy atom. The van der Waals surface area contributed by atoms with E-state index in [0.29, 0.717) is 18.4 Å². The predicted molar refractivity (Wildman–Crippen MR) is 92.9 cm³/mol. The highest BCUT2D eigenvalue weighted by molar-refractivity contribution is 6.11. The molecule has 5 heteroatoms. The fourth-order valence-electron chi connectivity index (χ4n) is 3.30. The average Bonchev–Trinajstić information content (AvgIpc) is 2.80. The minimum Gasteiger partial charge on any atom is -0.323 e. The summed E-state index contributed by atoms with van der Waals surface area (Å²) in [5.74, 6) is -0.486. The van der Waals surface area contributed by atoms with Gasteiger partial charge in [-0.15, -0.1) is 0 Å². The van der Waals surface area contributed by atoms with E-state index in [0.717, 1.165) is 29.7 Å². The van der Waals surface area contributed by atoms with Crippen LogP contribution in [0, 0.1) is 0 Å². The van der Waals surface area contributed by atoms with Gasteiger partial charge in [-0.2, -0.15) is 0 Å². The molecule has 130 valence electrons. The molecular weight excluding hydrogens is 304 g/mol. The van der Waals surface area contributed by atoms with Crippen molar-refractivity contribution in [3.63, 3.8) is 0 Å². The van der Waals surface area contributed by atoms with Gasteiger partial charge in [0.1, 0.15) is 5.54 Å². The van der Waals surface area contributed by atoms with E-state index in [1.165, 1.54) is 0 Å². The zero-order valence-corrected chi connectivity index (χ0v) is 14.7. The molecule has 0 bridgehead atoms. The van der Waals surface area contributed by atoms with Crippen LogP contribution in [-0.2, 0) is 11.2 Å². The van der Waals surface area contributed by atoms with Crippen LogP contribution in [0.1, 0.15) is 62.4 Å². The summed E-state index contributed by atoms with van der Waals surface area (Å²) in [6.45, 7) is 5.82. The SMILES string of the molecule is CCCC1(CCC)NC(=O)N(CC(=O)c2ccc(CC)cc2)C1=O. The van der Waals surface area contributed by atoms with Crippen molar-refractivity contribution >= 4 is 17.7 Å². The second kappa shape index (κ2) is 7.60. The van der Waals surface area contributed by atoms with Crippen LogP contribution < -0.4 is 5.32 Å². The molecule has 1 N–H and O–H groups in total. The molecule has 0 spiro atoms. The van der Waals surface area contributed by atoms with E-state index in [2.05, 4.69) is 5.32 Å². The minimum atomic E-state index is -0.840. The normalized spacial score (nSPS) is 16.4. The van der Waals surface area contributed by atoms with Gasteiger partial charge in [-0.3, -0.25) is 14.5 Å². The Balaban J connectivity index is 2.14. The van der Waals surface area contributed by atoms with Crippen LogP contribution in [0.4, 0.5) is 4.79 Å². The van der Waals surface area contributed by atoms with E-state index in [1.807, 2.05) is 32.9 Å². The lowest BCUT2D eigenvalue weighted by Gasteiger charge is -2.25. The molecule has 1 saturated heterocycles. The highest BCUT2D eigenvalue weighted by Crippen LogP contribution is 2.28. The molecule has 0 unspecified atom stereocenters. The van der Waals surface area contributed by atoms with Crippen molar-refractivity contribution in [2.24, 2.45) is 0 Å². The van der Waals surface area contributed by atoms with E-state index in [-0.39, 0.29) is 18.2 Å². The van der Waals surface area contributed by atoms with Crippen molar-refractivity contribution in [2.45, 2.75) is 58.4 Å². The predicted octanol–water partition coefficient (Wildman–Crippen LogP) is 3.32. The first-order valence-electron chi connectivity index (χ1n) is 8.73. The number of hydrogen-bond acceptors (Lipinski definition) is 3. The van der Waals surface area contributed by atoms with Crippen molar-refractivity contribution in [2.75, 3.05) is 6.54 Å². The smallest absolute Gasteiger partial charge is 0.323 e. The Kier molecular flexibility index (Phi) is 5.75. The van der Waals surface area contributed by atoms with Gasteiger partial charge in [0.15, 0.2) is 5.78 Å². The first-order chi connectivity index (χ1) is 11.5. The standard InChI is InChI=1S/C19H26N2O3/c1-4-11-19(12-5-2)17(23)21(18(24)20-19)13-16(22)15-9-7-14(6-3)8-10-15/h7-10H,4-6,11-13H2,1-3H3,(H,20,24). The number of carbonyl (C=O) groups is 3. The van der Waals surface area contributed by atoms with Gasteiger partial charge in [0.25, 0.3) is 5.91 Å². The zero-order valence-electron chi connectivity index (χ0n) is 14.7. The molecule has 3 amide bonds. The first-order valence-corrected chi connectivity index (χ1v) is 8.73. The number of rotatable bonds is 8. The van der Waals surface area contributed by atoms with Crippen LogP contribution >= 0.6 is 0 Å². The van der Waals surface area contributed by atoms with Gasteiger partial charge in [0.05, 0.1) is 6.54 Å². The van der Waals surface area contributed by atoms with Crippen LogP contribution in [0.3, 0.4) is 0 Å². The van der Waals surface area contributed by atoms with Crippen LogP contribution in [0.25, 0.3) is 0 Å². The van der Waals surface area contributed by atoms with Gasteiger partial charge >= 0.3 is 6.03 Å². The van der Waals surface area contributed by atoms with Gasteiger partial charge in [-0.05, 0) is 24.8 Å². The molecule has 1 heterocycles. The molecule has 0 radical (unpaired) electrons. The molecule has 0 saturated carbocycles. The lowest BCUT2D eigenvalue weighted by atomic mass is 9.88. The molecule has 1 fully saturated rings. The maximum Gasteiger partial charge on any atom is 0.325 e. The summed E-state index contributed by atoms with van der Waals surface area (Å²) >= 11 is 0. The molecule has 0 aromatic heterocycles. The zero-order chi connectivity index (χ0) is 17.7. The Morgan fingerprint density at radius 3 is 2.12 bits per heavy atom. The summed E-state index contributed by atoms with van der Waals surface area (Å²) in [6, 6.07) is 6.85. The molecule has 5 nitrogen and oxygen atoms in total. The molecule has 2 rings (SSSR count). The van der Waals surface area contributed by atoms with E-state index in [4.69, 9.17) is 0 Å². The van der Waals surface area contributed by atoms with Gasteiger partial charge in [0, 0.05) is 5.56 Å². The average molecular weight is 330 g/mol. The number of hydrogen-bond donors (Lipinski definition) is 1. The lowest BCUT2D eigenvalue weighted by molar-refractivity contribution is -0.131. The molecule has 1 aliphatic heterocycles. The number of carbonyl (C=O) groups excluding carboxylic acids is 3. The van der Waals surface area contributed by atoms with E-state index >= 15 is 0 Å². The van der Waals surface area contributed by atoms with E-state index < -0.39 is 11.6 Å². The molecule has 1 aliphatic rings. The van der Waals surface area contributed by atoms with Crippen molar-refractivity contribution < 1.29 is 14.4 Å². The number of benzene rings is 1. The number of ketones is 1. The molecule has 24 heavy (non-hydrogen) atoms. The number of imide groups is 1. The van der Waals surface area contributed by atoms with Crippen LogP contribution in [0.15, 0.2) is 24.3 Å². The quantitative estimate of drug-likeness (QED) is 0.587. The highest BCUT2D eigenvalue weighted by atomic mass is 16.2. The Bertz CT molecular complexity index is 616. The number of aryl methyl sites for hydroxylation is 1. The molecule has 1 aromatic carbocycles. The van der Waals surface area contributed by atoms with Crippen molar-refractivity contribution in [1.82, 2.24) is 10.2 Å². The van der Waals surface area contributed by atoms with Crippen molar-refractivity contribution in [3.05, 3.63) is 35.4 Å². The van der Waals surface area contributed by atoms with Gasteiger partial charge in [-0.1, -0.05) is 57.9 Å². The topological polar surface area (TPSA) is 66.5 Å². The Morgan fingerprint density at radius 1 is 1.04 bits per heavy atom. The number of Topliss-reactive ketones (excluding diaryl/α,β-unsaturated/α-hetero) is 1. The highest BCUT2D eigenvalue weighted by Gasteiger charge is 2.50. The second-order valence-electron chi connectivity index (χ2n) is 6.38. The Hall–Kier alpha value is -2.17. The van der Waals surface area contributed by atoms with Crippen LogP contribution in [0.2, 0.25) is 0 Å². The molecule has 0 aliphatic carbocycles. The van der Waals surface area contributed by atoms with E-state index in [9.17, 15) is 14.4 Å². The summed E-state index contributed by atoms with van der Waals surface area (Å²) in [6.07, 6.45) is 3.69. The second-order valence-corrected chi connectivity index (χ2v) is 6.38. The summed E-state index contributed by atoms with van der Waals surface area (Å²) in [7, 11) is 0. The molecular formula is C19H26N2O3. The van der Waals surface area contributed by atoms with Crippen LogP contribution in [-0.4, -0.2) is 34.7 Å². The number of amides is 3. The van der Waals surface area contributed by atoms with Crippen molar-refractivity contribution in [3.8, 4) is 0 Å². The van der Waals surface area contributed by atoms with Gasteiger partial charge < -0.3 is 5.32 Å². The number of nitrogens with zero attached hydrogens (tertiary/aromatic N) is 1. The summed E-state index contributed by atoms with van der Waals surface area (Å²) in [4.78, 5) is 38.5. The van der Waals surface area contributed by atoms with Gasteiger partial charge in [-0.25, -0.2) is 4.79 Å². The third-order valence-electron chi connectivity index (χ3n) is 4.59. The maximum absolute atomic E-state index is 12.8. The lowest BCUT2D eigenvalue weighted by Crippen LogP contribution is -2.47. The number of urea groups is 1. The minimum absolute atomic E-state index is 0.203. The van der Waals surface area contributed by atoms with E-state index in [1.54, 1.807) is 12.1 Å². The maximum atomic E-state index is 12.8. The fraction of sp³-hybridized carbons (Fsp3) is 0.526. The largest absolute Gasteiger partial charge is 0.325 e. The third kappa shape index (κ3) is 3.50. The van der Waals surface area contributed by atoms with Crippen molar-refractivity contribution in [1.29, 1.82) is 0 Å². The Labute approximate surface area is 143 Å². The van der Waals surface area contributed by atoms with Gasteiger partial charge in [0.2, 0.25) is 0 Å².